The number of piperidine rings is 1. The Kier molecular flexibility index (Phi) is 3.91. The second-order valence-electron chi connectivity index (χ2n) is 6.15. The predicted molar refractivity (Wildman–Crippen MR) is 96.6 cm³/mol. The third-order valence-electron chi connectivity index (χ3n) is 4.53. The first-order valence-electron chi connectivity index (χ1n) is 8.40. The van der Waals surface area contributed by atoms with Crippen LogP contribution in [0.5, 0.6) is 0 Å². The molecule has 1 aliphatic heterocycles. The van der Waals surface area contributed by atoms with Crippen molar-refractivity contribution in [3.63, 3.8) is 0 Å². The van der Waals surface area contributed by atoms with E-state index in [1.807, 2.05) is 36.4 Å². The fourth-order valence-electron chi connectivity index (χ4n) is 3.26. The molecule has 0 unspecified atom stereocenters. The fraction of sp³-hybridized carbons (Fsp3) is 0.263. The molecule has 1 aliphatic rings. The normalized spacial score (nSPS) is 14.8. The lowest BCUT2D eigenvalue weighted by molar-refractivity contribution is 0.102. The van der Waals surface area contributed by atoms with Gasteiger partial charge in [0.05, 0.1) is 28.7 Å². The molecule has 122 valence electrons. The van der Waals surface area contributed by atoms with Crippen LogP contribution in [0, 0.1) is 0 Å². The molecule has 5 heteroatoms. The van der Waals surface area contributed by atoms with E-state index >= 15 is 0 Å². The molecule has 0 saturated carbocycles. The number of H-pyrrole nitrogens is 1. The summed E-state index contributed by atoms with van der Waals surface area (Å²) in [5, 5.41) is 3.07. The van der Waals surface area contributed by atoms with Crippen molar-refractivity contribution >= 4 is 28.3 Å². The van der Waals surface area contributed by atoms with Crippen molar-refractivity contribution in [2.24, 2.45) is 0 Å². The molecule has 2 aromatic carbocycles. The van der Waals surface area contributed by atoms with Gasteiger partial charge in [0.15, 0.2) is 0 Å². The first-order valence-corrected chi connectivity index (χ1v) is 8.40. The Labute approximate surface area is 140 Å². The molecule has 0 atom stereocenters. The number of aromatic nitrogens is 2. The van der Waals surface area contributed by atoms with E-state index in [0.717, 1.165) is 35.5 Å². The number of fused-ring (bicyclic) bond motifs is 1. The van der Waals surface area contributed by atoms with E-state index in [9.17, 15) is 4.79 Å². The maximum absolute atomic E-state index is 12.7. The number of imidazole rings is 1. The van der Waals surface area contributed by atoms with Crippen LogP contribution in [0.1, 0.15) is 29.6 Å². The Hall–Kier alpha value is -2.82. The molecule has 0 bridgehead atoms. The van der Waals surface area contributed by atoms with E-state index in [1.54, 1.807) is 6.33 Å². The van der Waals surface area contributed by atoms with Gasteiger partial charge in [0.2, 0.25) is 0 Å². The van der Waals surface area contributed by atoms with Crippen LogP contribution in [0.25, 0.3) is 11.0 Å². The van der Waals surface area contributed by atoms with Gasteiger partial charge < -0.3 is 15.2 Å². The number of hydrogen-bond donors (Lipinski definition) is 2. The van der Waals surface area contributed by atoms with E-state index in [-0.39, 0.29) is 5.91 Å². The Morgan fingerprint density at radius 3 is 2.79 bits per heavy atom. The molecule has 2 heterocycles. The zero-order valence-electron chi connectivity index (χ0n) is 13.5. The van der Waals surface area contributed by atoms with Crippen LogP contribution in [0.15, 0.2) is 48.8 Å². The average molecular weight is 320 g/mol. The van der Waals surface area contributed by atoms with Gasteiger partial charge in [-0.3, -0.25) is 4.79 Å². The number of carbonyl (C=O) groups is 1. The Morgan fingerprint density at radius 2 is 1.92 bits per heavy atom. The van der Waals surface area contributed by atoms with Gasteiger partial charge in [-0.1, -0.05) is 12.1 Å². The number of nitrogens with zero attached hydrogens (tertiary/aromatic N) is 2. The average Bonchev–Trinajstić information content (AvgIpc) is 3.10. The minimum absolute atomic E-state index is 0.101. The van der Waals surface area contributed by atoms with E-state index in [1.165, 1.54) is 19.3 Å². The van der Waals surface area contributed by atoms with Gasteiger partial charge in [0.25, 0.3) is 5.91 Å². The van der Waals surface area contributed by atoms with E-state index in [0.29, 0.717) is 5.56 Å². The predicted octanol–water partition coefficient (Wildman–Crippen LogP) is 3.81. The zero-order valence-corrected chi connectivity index (χ0v) is 13.5. The first-order chi connectivity index (χ1) is 11.8. The summed E-state index contributed by atoms with van der Waals surface area (Å²) in [6, 6.07) is 13.5. The van der Waals surface area contributed by atoms with E-state index in [2.05, 4.69) is 26.3 Å². The summed E-state index contributed by atoms with van der Waals surface area (Å²) < 4.78 is 0. The fourth-order valence-corrected chi connectivity index (χ4v) is 3.26. The van der Waals surface area contributed by atoms with Gasteiger partial charge in [0.1, 0.15) is 0 Å². The van der Waals surface area contributed by atoms with Crippen LogP contribution < -0.4 is 10.2 Å². The Balaban J connectivity index is 1.59. The third-order valence-corrected chi connectivity index (χ3v) is 4.53. The smallest absolute Gasteiger partial charge is 0.255 e. The molecule has 5 nitrogen and oxygen atoms in total. The minimum atomic E-state index is -0.101. The van der Waals surface area contributed by atoms with Gasteiger partial charge in [0, 0.05) is 18.7 Å². The van der Waals surface area contributed by atoms with Crippen LogP contribution in [0.2, 0.25) is 0 Å². The van der Waals surface area contributed by atoms with E-state index < -0.39 is 0 Å². The van der Waals surface area contributed by atoms with Gasteiger partial charge in [-0.05, 0) is 49.6 Å². The van der Waals surface area contributed by atoms with Crippen molar-refractivity contribution in [2.75, 3.05) is 23.3 Å². The molecule has 3 aromatic rings. The molecule has 4 rings (SSSR count). The number of para-hydroxylation sites is 2. The number of aromatic amines is 1. The second kappa shape index (κ2) is 6.35. The monoisotopic (exact) mass is 320 g/mol. The molecule has 1 fully saturated rings. The summed E-state index contributed by atoms with van der Waals surface area (Å²) >= 11 is 0. The number of carbonyl (C=O) groups excluding carboxylic acids is 1. The number of rotatable bonds is 3. The summed E-state index contributed by atoms with van der Waals surface area (Å²) in [7, 11) is 0. The summed E-state index contributed by atoms with van der Waals surface area (Å²) in [5.41, 5.74) is 4.33. The highest BCUT2D eigenvalue weighted by Gasteiger charge is 2.16. The highest BCUT2D eigenvalue weighted by molar-refractivity contribution is 6.07. The molecule has 0 radical (unpaired) electrons. The molecular weight excluding hydrogens is 300 g/mol. The first kappa shape index (κ1) is 14.8. The topological polar surface area (TPSA) is 61.0 Å². The van der Waals surface area contributed by atoms with Gasteiger partial charge in [-0.25, -0.2) is 4.98 Å². The SMILES string of the molecule is O=C(Nc1ccccc1N1CCCCC1)c1ccc2nc[nH]c2c1. The van der Waals surface area contributed by atoms with Gasteiger partial charge in [-0.2, -0.15) is 0 Å². The van der Waals surface area contributed by atoms with Crippen molar-refractivity contribution in [3.8, 4) is 0 Å². The standard InChI is InChI=1S/C19H20N4O/c24-19(14-8-9-15-17(12-14)21-13-20-15)22-16-6-2-3-7-18(16)23-10-4-1-5-11-23/h2-3,6-9,12-13H,1,4-5,10-11H2,(H,20,21)(H,22,24). The van der Waals surface area contributed by atoms with Crippen LogP contribution in [0.4, 0.5) is 11.4 Å². The number of amides is 1. The van der Waals surface area contributed by atoms with Crippen molar-refractivity contribution < 1.29 is 4.79 Å². The number of benzene rings is 2. The quantitative estimate of drug-likeness (QED) is 0.771. The summed E-state index contributed by atoms with van der Waals surface area (Å²) in [6.45, 7) is 2.10. The molecule has 0 aliphatic carbocycles. The molecule has 1 amide bonds. The molecule has 1 saturated heterocycles. The van der Waals surface area contributed by atoms with Crippen LogP contribution in [-0.4, -0.2) is 29.0 Å². The van der Waals surface area contributed by atoms with Crippen molar-refractivity contribution in [2.45, 2.75) is 19.3 Å². The lowest BCUT2D eigenvalue weighted by Gasteiger charge is -2.30. The molecular formula is C19H20N4O. The lowest BCUT2D eigenvalue weighted by Crippen LogP contribution is -2.30. The van der Waals surface area contributed by atoms with Crippen LogP contribution >= 0.6 is 0 Å². The maximum Gasteiger partial charge on any atom is 0.255 e. The van der Waals surface area contributed by atoms with Crippen molar-refractivity contribution in [1.82, 2.24) is 9.97 Å². The Morgan fingerprint density at radius 1 is 1.08 bits per heavy atom. The summed E-state index contributed by atoms with van der Waals surface area (Å²) in [6.07, 6.45) is 5.34. The third kappa shape index (κ3) is 2.85. The Bertz CT molecular complexity index is 864. The lowest BCUT2D eigenvalue weighted by atomic mass is 10.1. The second-order valence-corrected chi connectivity index (χ2v) is 6.15. The molecule has 1 aromatic heterocycles. The number of hydrogen-bond acceptors (Lipinski definition) is 3. The van der Waals surface area contributed by atoms with E-state index in [4.69, 9.17) is 0 Å². The minimum Gasteiger partial charge on any atom is -0.370 e. The largest absolute Gasteiger partial charge is 0.370 e. The van der Waals surface area contributed by atoms with Gasteiger partial charge in [-0.15, -0.1) is 0 Å². The summed E-state index contributed by atoms with van der Waals surface area (Å²) in [4.78, 5) is 22.2. The highest BCUT2D eigenvalue weighted by Crippen LogP contribution is 2.28. The molecule has 24 heavy (non-hydrogen) atoms. The molecule has 0 spiro atoms. The van der Waals surface area contributed by atoms with Crippen LogP contribution in [0.3, 0.4) is 0 Å². The van der Waals surface area contributed by atoms with Crippen molar-refractivity contribution in [3.05, 3.63) is 54.4 Å². The number of anilines is 2. The number of nitrogens with one attached hydrogen (secondary N) is 2. The van der Waals surface area contributed by atoms with Gasteiger partial charge >= 0.3 is 0 Å². The molecule has 2 N–H and O–H groups in total. The highest BCUT2D eigenvalue weighted by atomic mass is 16.1. The van der Waals surface area contributed by atoms with Crippen LogP contribution in [-0.2, 0) is 0 Å². The van der Waals surface area contributed by atoms with Crippen molar-refractivity contribution in [1.29, 1.82) is 0 Å². The zero-order chi connectivity index (χ0) is 16.4. The summed E-state index contributed by atoms with van der Waals surface area (Å²) in [5.74, 6) is -0.101. The maximum atomic E-state index is 12.7.